The summed E-state index contributed by atoms with van der Waals surface area (Å²) in [5, 5.41) is 5.67. The first kappa shape index (κ1) is 17.7. The summed E-state index contributed by atoms with van der Waals surface area (Å²) >= 11 is 0. The van der Waals surface area contributed by atoms with Crippen LogP contribution in [0.3, 0.4) is 0 Å². The fourth-order valence-corrected chi connectivity index (χ4v) is 2.28. The lowest BCUT2D eigenvalue weighted by molar-refractivity contribution is 0.0950. The van der Waals surface area contributed by atoms with Gasteiger partial charge in [0.15, 0.2) is 0 Å². The van der Waals surface area contributed by atoms with Crippen molar-refractivity contribution in [1.29, 1.82) is 0 Å². The Labute approximate surface area is 142 Å². The molecule has 0 fully saturated rings. The van der Waals surface area contributed by atoms with Crippen LogP contribution in [0.5, 0.6) is 0 Å². The number of hydrogen-bond donors (Lipinski definition) is 2. The second-order valence-corrected chi connectivity index (χ2v) is 5.74. The largest absolute Gasteiger partial charge is 0.352 e. The molecule has 126 valence electrons. The maximum absolute atomic E-state index is 12.3. The second-order valence-electron chi connectivity index (χ2n) is 5.74. The minimum absolute atomic E-state index is 0.204. The third-order valence-corrected chi connectivity index (χ3v) is 3.61. The van der Waals surface area contributed by atoms with Crippen LogP contribution in [0.25, 0.3) is 0 Å². The van der Waals surface area contributed by atoms with Crippen LogP contribution in [0, 0.1) is 6.92 Å². The first-order valence-corrected chi connectivity index (χ1v) is 8.17. The van der Waals surface area contributed by atoms with E-state index >= 15 is 0 Å². The zero-order chi connectivity index (χ0) is 17.4. The van der Waals surface area contributed by atoms with E-state index in [4.69, 9.17) is 0 Å². The van der Waals surface area contributed by atoms with Gasteiger partial charge in [-0.1, -0.05) is 43.2 Å². The van der Waals surface area contributed by atoms with E-state index in [1.54, 1.807) is 6.07 Å². The molecule has 0 aliphatic carbocycles. The Morgan fingerprint density at radius 2 is 1.75 bits per heavy atom. The number of benzene rings is 1. The molecule has 0 atom stereocenters. The summed E-state index contributed by atoms with van der Waals surface area (Å²) in [6, 6.07) is 9.52. The molecule has 1 heterocycles. The van der Waals surface area contributed by atoms with E-state index in [2.05, 4.69) is 22.5 Å². The summed E-state index contributed by atoms with van der Waals surface area (Å²) in [6.07, 6.45) is 4.88. The van der Waals surface area contributed by atoms with Crippen LogP contribution in [-0.4, -0.2) is 23.3 Å². The van der Waals surface area contributed by atoms with Gasteiger partial charge >= 0.3 is 0 Å². The molecule has 5 heteroatoms. The van der Waals surface area contributed by atoms with Crippen LogP contribution < -0.4 is 10.6 Å². The van der Waals surface area contributed by atoms with Crippen molar-refractivity contribution >= 4 is 11.8 Å². The fourth-order valence-electron chi connectivity index (χ4n) is 2.28. The highest BCUT2D eigenvalue weighted by Gasteiger charge is 2.11. The highest BCUT2D eigenvalue weighted by Crippen LogP contribution is 2.06. The number of unbranched alkanes of at least 4 members (excludes halogenated alkanes) is 1. The van der Waals surface area contributed by atoms with Gasteiger partial charge in [-0.25, -0.2) is 0 Å². The van der Waals surface area contributed by atoms with E-state index in [-0.39, 0.29) is 11.8 Å². The molecule has 2 amide bonds. The van der Waals surface area contributed by atoms with Crippen molar-refractivity contribution < 1.29 is 9.59 Å². The average Bonchev–Trinajstić information content (AvgIpc) is 2.60. The first-order chi connectivity index (χ1) is 11.6. The van der Waals surface area contributed by atoms with Crippen LogP contribution >= 0.6 is 0 Å². The second kappa shape index (κ2) is 8.82. The quantitative estimate of drug-likeness (QED) is 0.769. The maximum atomic E-state index is 12.3. The van der Waals surface area contributed by atoms with E-state index in [0.717, 1.165) is 24.0 Å². The van der Waals surface area contributed by atoms with Gasteiger partial charge in [-0.2, -0.15) is 0 Å². The number of aromatic nitrogens is 1. The number of carbonyl (C=O) groups excluding carboxylic acids is 2. The van der Waals surface area contributed by atoms with Crippen molar-refractivity contribution in [1.82, 2.24) is 15.6 Å². The Bertz CT molecular complexity index is 713. The van der Waals surface area contributed by atoms with Crippen molar-refractivity contribution in [3.05, 3.63) is 65.0 Å². The highest BCUT2D eigenvalue weighted by atomic mass is 16.2. The van der Waals surface area contributed by atoms with Gasteiger partial charge in [-0.15, -0.1) is 0 Å². The van der Waals surface area contributed by atoms with Crippen molar-refractivity contribution in [3.8, 4) is 0 Å². The van der Waals surface area contributed by atoms with E-state index in [1.165, 1.54) is 12.4 Å². The molecule has 0 spiro atoms. The Kier molecular flexibility index (Phi) is 6.49. The molecule has 0 bridgehead atoms. The normalized spacial score (nSPS) is 10.2. The first-order valence-electron chi connectivity index (χ1n) is 8.17. The van der Waals surface area contributed by atoms with E-state index in [1.807, 2.05) is 31.2 Å². The van der Waals surface area contributed by atoms with E-state index in [9.17, 15) is 9.59 Å². The summed E-state index contributed by atoms with van der Waals surface area (Å²) < 4.78 is 0. The fraction of sp³-hybridized carbons (Fsp3) is 0.316. The van der Waals surface area contributed by atoms with Crippen molar-refractivity contribution in [2.45, 2.75) is 33.2 Å². The van der Waals surface area contributed by atoms with Gasteiger partial charge in [-0.05, 0) is 25.0 Å². The molecule has 0 unspecified atom stereocenters. The molecular formula is C19H23N3O2. The molecule has 0 saturated heterocycles. The van der Waals surface area contributed by atoms with Crippen LogP contribution in [0.1, 0.15) is 51.6 Å². The number of nitrogens with zero attached hydrogens (tertiary/aromatic N) is 1. The topological polar surface area (TPSA) is 71.1 Å². The van der Waals surface area contributed by atoms with Crippen molar-refractivity contribution in [2.75, 3.05) is 6.54 Å². The molecule has 2 N–H and O–H groups in total. The lowest BCUT2D eigenvalue weighted by atomic mass is 10.1. The Hall–Kier alpha value is -2.69. The number of pyridine rings is 1. The van der Waals surface area contributed by atoms with Crippen molar-refractivity contribution in [3.63, 3.8) is 0 Å². The molecule has 0 aliphatic heterocycles. The molecule has 5 nitrogen and oxygen atoms in total. The summed E-state index contributed by atoms with van der Waals surface area (Å²) in [4.78, 5) is 28.3. The third kappa shape index (κ3) is 5.19. The molecule has 0 saturated carbocycles. The van der Waals surface area contributed by atoms with Gasteiger partial charge in [0, 0.05) is 25.5 Å². The van der Waals surface area contributed by atoms with Gasteiger partial charge in [0.05, 0.1) is 11.1 Å². The van der Waals surface area contributed by atoms with Crippen LogP contribution in [0.2, 0.25) is 0 Å². The SMILES string of the molecule is CCCCNC(=O)c1cncc(C(=O)NCc2cccc(C)c2)c1. The molecule has 2 rings (SSSR count). The third-order valence-electron chi connectivity index (χ3n) is 3.61. The predicted molar refractivity (Wildman–Crippen MR) is 93.8 cm³/mol. The maximum Gasteiger partial charge on any atom is 0.253 e. The Morgan fingerprint density at radius 3 is 2.42 bits per heavy atom. The van der Waals surface area contributed by atoms with Crippen LogP contribution in [0.15, 0.2) is 42.7 Å². The smallest absolute Gasteiger partial charge is 0.253 e. The van der Waals surface area contributed by atoms with Crippen molar-refractivity contribution in [2.24, 2.45) is 0 Å². The number of aryl methyl sites for hydroxylation is 1. The molecule has 1 aromatic heterocycles. The molecule has 1 aromatic carbocycles. The van der Waals surface area contributed by atoms with E-state index < -0.39 is 0 Å². The summed E-state index contributed by atoms with van der Waals surface area (Å²) in [5.41, 5.74) is 2.96. The standard InChI is InChI=1S/C19H23N3O2/c1-3-4-8-21-18(23)16-10-17(13-20-12-16)19(24)22-11-15-7-5-6-14(2)9-15/h5-7,9-10,12-13H,3-4,8,11H2,1-2H3,(H,21,23)(H,22,24). The monoisotopic (exact) mass is 325 g/mol. The highest BCUT2D eigenvalue weighted by molar-refractivity contribution is 5.99. The molecular weight excluding hydrogens is 302 g/mol. The number of amides is 2. The summed E-state index contributed by atoms with van der Waals surface area (Å²) in [6.45, 7) is 5.13. The van der Waals surface area contributed by atoms with E-state index in [0.29, 0.717) is 24.2 Å². The molecule has 2 aromatic rings. The van der Waals surface area contributed by atoms with Gasteiger partial charge < -0.3 is 10.6 Å². The zero-order valence-corrected chi connectivity index (χ0v) is 14.1. The number of hydrogen-bond acceptors (Lipinski definition) is 3. The minimum Gasteiger partial charge on any atom is -0.352 e. The van der Waals surface area contributed by atoms with Gasteiger partial charge in [-0.3, -0.25) is 14.6 Å². The van der Waals surface area contributed by atoms with Crippen LogP contribution in [0.4, 0.5) is 0 Å². The van der Waals surface area contributed by atoms with Crippen LogP contribution in [-0.2, 0) is 6.54 Å². The van der Waals surface area contributed by atoms with Gasteiger partial charge in [0.25, 0.3) is 11.8 Å². The molecule has 0 radical (unpaired) electrons. The number of rotatable bonds is 7. The summed E-state index contributed by atoms with van der Waals surface area (Å²) in [5.74, 6) is -0.448. The molecule has 24 heavy (non-hydrogen) atoms. The Balaban J connectivity index is 1.97. The zero-order valence-electron chi connectivity index (χ0n) is 14.1. The number of nitrogens with one attached hydrogen (secondary N) is 2. The van der Waals surface area contributed by atoms with Gasteiger partial charge in [0.1, 0.15) is 0 Å². The Morgan fingerprint density at radius 1 is 1.04 bits per heavy atom. The lowest BCUT2D eigenvalue weighted by Gasteiger charge is -2.08. The number of carbonyl (C=O) groups is 2. The minimum atomic E-state index is -0.243. The average molecular weight is 325 g/mol. The molecule has 0 aliphatic rings. The summed E-state index contributed by atoms with van der Waals surface area (Å²) in [7, 11) is 0. The predicted octanol–water partition coefficient (Wildman–Crippen LogP) is 2.85. The lowest BCUT2D eigenvalue weighted by Crippen LogP contribution is -2.26. The van der Waals surface area contributed by atoms with Gasteiger partial charge in [0.2, 0.25) is 0 Å².